The number of rotatable bonds is 36. The Morgan fingerprint density at radius 3 is 1.20 bits per heavy atom. The monoisotopic (exact) mass is 713 g/mol. The fraction of sp³-hybridized carbons (Fsp3) is 0.711. The maximum Gasteiger partial charge on any atom is 0.306 e. The van der Waals surface area contributed by atoms with Gasteiger partial charge in [-0.3, -0.25) is 14.4 Å². The standard InChI is InChI=1S/C45H76O6/c1-4-7-10-13-16-19-22-23-24-27-29-32-35-38-44(47)50-41-42(51-45(48)39-36-33-30-26-21-18-15-12-9-6-3)40-49-43(46)37-34-31-28-25-20-17-14-11-8-5-2/h7,10,13,16,19,22-24,27,29,42H,4-6,8-9,11-12,14-15,17-18,20-21,25-26,28,30-41H2,1-3H3/b10-7-,16-13-,22-19-,24-23-,29-27-. The molecule has 1 unspecified atom stereocenters. The van der Waals surface area contributed by atoms with E-state index in [1.165, 1.54) is 89.9 Å². The van der Waals surface area contributed by atoms with Crippen molar-refractivity contribution in [2.75, 3.05) is 13.2 Å². The van der Waals surface area contributed by atoms with Gasteiger partial charge in [-0.1, -0.05) is 197 Å². The summed E-state index contributed by atoms with van der Waals surface area (Å²) in [6, 6.07) is 0. The molecule has 0 saturated carbocycles. The van der Waals surface area contributed by atoms with E-state index in [1.807, 2.05) is 54.7 Å². The first-order valence-corrected chi connectivity index (χ1v) is 20.9. The van der Waals surface area contributed by atoms with Gasteiger partial charge in [0, 0.05) is 19.3 Å². The minimum absolute atomic E-state index is 0.0948. The molecule has 0 aliphatic rings. The number of unbranched alkanes of at least 4 members (excludes halogenated alkanes) is 19. The zero-order valence-electron chi connectivity index (χ0n) is 33.1. The first kappa shape index (κ1) is 48.1. The smallest absolute Gasteiger partial charge is 0.306 e. The number of allylic oxidation sites excluding steroid dienone is 10. The van der Waals surface area contributed by atoms with Crippen LogP contribution < -0.4 is 0 Å². The predicted octanol–water partition coefficient (Wildman–Crippen LogP) is 13.0. The van der Waals surface area contributed by atoms with E-state index >= 15 is 0 Å². The lowest BCUT2D eigenvalue weighted by molar-refractivity contribution is -0.167. The van der Waals surface area contributed by atoms with Crippen LogP contribution in [-0.4, -0.2) is 37.2 Å². The molecule has 0 heterocycles. The van der Waals surface area contributed by atoms with E-state index in [2.05, 4.69) is 26.8 Å². The van der Waals surface area contributed by atoms with Gasteiger partial charge in [0.2, 0.25) is 0 Å². The molecule has 51 heavy (non-hydrogen) atoms. The largest absolute Gasteiger partial charge is 0.462 e. The lowest BCUT2D eigenvalue weighted by Gasteiger charge is -2.18. The summed E-state index contributed by atoms with van der Waals surface area (Å²) in [7, 11) is 0. The van der Waals surface area contributed by atoms with Crippen molar-refractivity contribution < 1.29 is 28.6 Å². The van der Waals surface area contributed by atoms with E-state index in [0.29, 0.717) is 19.3 Å². The highest BCUT2D eigenvalue weighted by atomic mass is 16.6. The molecule has 0 radical (unpaired) electrons. The summed E-state index contributed by atoms with van der Waals surface area (Å²) in [5, 5.41) is 0. The van der Waals surface area contributed by atoms with Crippen LogP contribution in [-0.2, 0) is 28.6 Å². The molecule has 0 aromatic carbocycles. The van der Waals surface area contributed by atoms with E-state index in [4.69, 9.17) is 14.2 Å². The van der Waals surface area contributed by atoms with Gasteiger partial charge in [-0.2, -0.15) is 0 Å². The van der Waals surface area contributed by atoms with E-state index < -0.39 is 6.10 Å². The molecule has 6 nitrogen and oxygen atoms in total. The van der Waals surface area contributed by atoms with Gasteiger partial charge in [0.1, 0.15) is 13.2 Å². The van der Waals surface area contributed by atoms with Crippen molar-refractivity contribution in [3.63, 3.8) is 0 Å². The SMILES string of the molecule is CC\C=C/C=C\C=C/C=C\C=C/CCCC(=O)OCC(COC(=O)CCCCCCCCCCCC)OC(=O)CCCCCCCCCCCC. The number of ether oxygens (including phenoxy) is 3. The summed E-state index contributed by atoms with van der Waals surface area (Å²) in [5.41, 5.74) is 0. The van der Waals surface area contributed by atoms with Gasteiger partial charge < -0.3 is 14.2 Å². The lowest BCUT2D eigenvalue weighted by atomic mass is 10.1. The Bertz CT molecular complexity index is 960. The number of esters is 3. The highest BCUT2D eigenvalue weighted by Gasteiger charge is 2.19. The maximum absolute atomic E-state index is 12.6. The van der Waals surface area contributed by atoms with Crippen molar-refractivity contribution in [1.82, 2.24) is 0 Å². The molecule has 1 atom stereocenters. The third-order valence-electron chi connectivity index (χ3n) is 8.66. The molecule has 0 bridgehead atoms. The molecule has 0 aromatic rings. The molecule has 0 saturated heterocycles. The molecule has 0 aliphatic heterocycles. The van der Waals surface area contributed by atoms with Crippen LogP contribution >= 0.6 is 0 Å². The number of hydrogen-bond donors (Lipinski definition) is 0. The molecule has 0 rings (SSSR count). The Morgan fingerprint density at radius 1 is 0.412 bits per heavy atom. The zero-order chi connectivity index (χ0) is 37.3. The van der Waals surface area contributed by atoms with Crippen molar-refractivity contribution >= 4 is 17.9 Å². The van der Waals surface area contributed by atoms with Crippen molar-refractivity contribution in [1.29, 1.82) is 0 Å². The Kier molecular flexibility index (Phi) is 37.6. The molecule has 0 aromatic heterocycles. The molecule has 6 heteroatoms. The quantitative estimate of drug-likeness (QED) is 0.0278. The molecule has 0 spiro atoms. The Hall–Kier alpha value is -2.89. The first-order chi connectivity index (χ1) is 25.0. The van der Waals surface area contributed by atoms with Crippen LogP contribution in [0, 0.1) is 0 Å². The summed E-state index contributed by atoms with van der Waals surface area (Å²) in [4.78, 5) is 37.5. The summed E-state index contributed by atoms with van der Waals surface area (Å²) in [6.45, 7) is 6.38. The van der Waals surface area contributed by atoms with E-state index in [1.54, 1.807) is 0 Å². The van der Waals surface area contributed by atoms with Crippen LogP contribution in [0.4, 0.5) is 0 Å². The van der Waals surface area contributed by atoms with E-state index in [9.17, 15) is 14.4 Å². The third-order valence-corrected chi connectivity index (χ3v) is 8.66. The van der Waals surface area contributed by atoms with Crippen LogP contribution in [0.25, 0.3) is 0 Å². The van der Waals surface area contributed by atoms with Gasteiger partial charge in [0.05, 0.1) is 0 Å². The van der Waals surface area contributed by atoms with Gasteiger partial charge in [-0.15, -0.1) is 0 Å². The van der Waals surface area contributed by atoms with Crippen LogP contribution in [0.3, 0.4) is 0 Å². The predicted molar refractivity (Wildman–Crippen MR) is 215 cm³/mol. The van der Waals surface area contributed by atoms with E-state index in [0.717, 1.165) is 51.4 Å². The van der Waals surface area contributed by atoms with Crippen LogP contribution in [0.15, 0.2) is 60.8 Å². The Balaban J connectivity index is 4.50. The molecule has 0 aliphatic carbocycles. The van der Waals surface area contributed by atoms with Gasteiger partial charge in [-0.05, 0) is 32.1 Å². The molecule has 0 N–H and O–H groups in total. The van der Waals surface area contributed by atoms with Crippen molar-refractivity contribution in [2.45, 2.75) is 194 Å². The highest BCUT2D eigenvalue weighted by molar-refractivity contribution is 5.71. The van der Waals surface area contributed by atoms with Gasteiger partial charge in [-0.25, -0.2) is 0 Å². The summed E-state index contributed by atoms with van der Waals surface area (Å²) >= 11 is 0. The number of hydrogen-bond acceptors (Lipinski definition) is 6. The van der Waals surface area contributed by atoms with Crippen molar-refractivity contribution in [2.24, 2.45) is 0 Å². The average Bonchev–Trinajstić information content (AvgIpc) is 3.12. The fourth-order valence-corrected chi connectivity index (χ4v) is 5.53. The van der Waals surface area contributed by atoms with Crippen molar-refractivity contribution in [3.8, 4) is 0 Å². The fourth-order valence-electron chi connectivity index (χ4n) is 5.53. The van der Waals surface area contributed by atoms with Crippen LogP contribution in [0.2, 0.25) is 0 Å². The average molecular weight is 713 g/mol. The summed E-state index contributed by atoms with van der Waals surface area (Å²) < 4.78 is 16.6. The molecular weight excluding hydrogens is 636 g/mol. The summed E-state index contributed by atoms with van der Waals surface area (Å²) in [5.74, 6) is -0.981. The second-order valence-corrected chi connectivity index (χ2v) is 13.7. The maximum atomic E-state index is 12.6. The zero-order valence-corrected chi connectivity index (χ0v) is 33.1. The molecule has 292 valence electrons. The molecular formula is C45H76O6. The number of carbonyl (C=O) groups excluding carboxylic acids is 3. The van der Waals surface area contributed by atoms with E-state index in [-0.39, 0.29) is 37.5 Å². The minimum Gasteiger partial charge on any atom is -0.462 e. The topological polar surface area (TPSA) is 78.9 Å². The molecule has 0 fully saturated rings. The third kappa shape index (κ3) is 38.2. The van der Waals surface area contributed by atoms with Gasteiger partial charge in [0.25, 0.3) is 0 Å². The Labute approximate surface area is 313 Å². The molecule has 0 amide bonds. The first-order valence-electron chi connectivity index (χ1n) is 20.9. The normalized spacial score (nSPS) is 12.6. The van der Waals surface area contributed by atoms with Crippen LogP contribution in [0.5, 0.6) is 0 Å². The second-order valence-electron chi connectivity index (χ2n) is 13.7. The summed E-state index contributed by atoms with van der Waals surface area (Å²) in [6.07, 6.45) is 46.4. The van der Waals surface area contributed by atoms with Crippen LogP contribution in [0.1, 0.15) is 188 Å². The van der Waals surface area contributed by atoms with Gasteiger partial charge in [0.15, 0.2) is 6.10 Å². The lowest BCUT2D eigenvalue weighted by Crippen LogP contribution is -2.30. The minimum atomic E-state index is -0.795. The van der Waals surface area contributed by atoms with Crippen molar-refractivity contribution in [3.05, 3.63) is 60.8 Å². The highest BCUT2D eigenvalue weighted by Crippen LogP contribution is 2.14. The second kappa shape index (κ2) is 39.9. The Morgan fingerprint density at radius 2 is 0.765 bits per heavy atom. The number of carbonyl (C=O) groups is 3. The van der Waals surface area contributed by atoms with Gasteiger partial charge >= 0.3 is 17.9 Å².